The van der Waals surface area contributed by atoms with Crippen LogP contribution in [0.15, 0.2) is 17.1 Å². The highest BCUT2D eigenvalue weighted by Gasteiger charge is 2.45. The van der Waals surface area contributed by atoms with Crippen LogP contribution in [0.25, 0.3) is 0 Å². The second-order valence-electron chi connectivity index (χ2n) is 9.89. The lowest BCUT2D eigenvalue weighted by Crippen LogP contribution is -2.47. The molecule has 2 amide bonds. The fourth-order valence-corrected chi connectivity index (χ4v) is 3.15. The van der Waals surface area contributed by atoms with Gasteiger partial charge in [0, 0.05) is 5.92 Å². The van der Waals surface area contributed by atoms with Crippen molar-refractivity contribution in [3.63, 3.8) is 0 Å². The number of guanidine groups is 1. The number of nitrogens with zero attached hydrogens (tertiary/aromatic N) is 1. The Kier molecular flexibility index (Phi) is 12.3. The van der Waals surface area contributed by atoms with Gasteiger partial charge in [0.15, 0.2) is 6.29 Å². The van der Waals surface area contributed by atoms with Gasteiger partial charge in [-0.3, -0.25) is 21.2 Å². The van der Waals surface area contributed by atoms with Gasteiger partial charge in [-0.15, -0.1) is 0 Å². The number of nitrogens with two attached hydrogens (primary N) is 1. The molecule has 1 aliphatic heterocycles. The summed E-state index contributed by atoms with van der Waals surface area (Å²) in [6, 6.07) is 0. The number of carbonyl (C=O) groups is 3. The molecule has 1 heterocycles. The molecule has 0 saturated carbocycles. The first-order valence-corrected chi connectivity index (χ1v) is 11.6. The summed E-state index contributed by atoms with van der Waals surface area (Å²) in [6.45, 7) is 11.5. The predicted octanol–water partition coefficient (Wildman–Crippen LogP) is 1.39. The van der Waals surface area contributed by atoms with Gasteiger partial charge in [-0.25, -0.2) is 14.6 Å². The quantitative estimate of drug-likeness (QED) is 0.0700. The summed E-state index contributed by atoms with van der Waals surface area (Å²) in [5.41, 5.74) is 3.77. The number of hydrogen-bond acceptors (Lipinski definition) is 11. The molecule has 0 aliphatic carbocycles. The molecule has 1 rings (SSSR count). The van der Waals surface area contributed by atoms with Crippen LogP contribution in [0, 0.1) is 11.8 Å². The summed E-state index contributed by atoms with van der Waals surface area (Å²) in [6.07, 6.45) is -0.203. The standard InChI is InChI=1S/C23H40N4O9/c1-8-9-15-16(18(29)34-13-24)14(12-33-15)17(28)32-11-10-25-19(26-20(30)35-22(2,3)4)27-21(31)36-23(5,6)7/h8-9,14-17,28H,10-13,24H2,1-7H3,(H2,25,26,27,30,31)/b9-8+/t14-,15?,16?,17?/m1/s1. The summed E-state index contributed by atoms with van der Waals surface area (Å²) in [7, 11) is 0. The van der Waals surface area contributed by atoms with E-state index in [1.54, 1.807) is 60.6 Å². The molecule has 13 nitrogen and oxygen atoms in total. The third-order valence-corrected chi connectivity index (χ3v) is 4.43. The lowest BCUT2D eigenvalue weighted by molar-refractivity contribution is -0.165. The molecule has 0 spiro atoms. The topological polar surface area (TPSA) is 180 Å². The molecule has 0 aromatic heterocycles. The maximum Gasteiger partial charge on any atom is 0.414 e. The Hall–Kier alpha value is -2.74. The van der Waals surface area contributed by atoms with Gasteiger partial charge >= 0.3 is 18.2 Å². The lowest BCUT2D eigenvalue weighted by atomic mass is 9.90. The lowest BCUT2D eigenvalue weighted by Gasteiger charge is -2.23. The van der Waals surface area contributed by atoms with Gasteiger partial charge in [0.25, 0.3) is 0 Å². The van der Waals surface area contributed by atoms with Crippen molar-refractivity contribution in [2.45, 2.75) is 72.1 Å². The van der Waals surface area contributed by atoms with Gasteiger partial charge in [0.05, 0.1) is 31.8 Å². The molecule has 5 N–H and O–H groups in total. The van der Waals surface area contributed by atoms with Gasteiger partial charge < -0.3 is 28.8 Å². The third-order valence-electron chi connectivity index (χ3n) is 4.43. The molecule has 0 radical (unpaired) electrons. The summed E-state index contributed by atoms with van der Waals surface area (Å²) in [4.78, 5) is 40.7. The number of esters is 1. The Morgan fingerprint density at radius 3 is 2.14 bits per heavy atom. The van der Waals surface area contributed by atoms with Crippen LogP contribution in [0.4, 0.5) is 9.59 Å². The zero-order valence-electron chi connectivity index (χ0n) is 22.0. The predicted molar refractivity (Wildman–Crippen MR) is 130 cm³/mol. The number of carbonyl (C=O) groups excluding carboxylic acids is 3. The van der Waals surface area contributed by atoms with Crippen molar-refractivity contribution in [1.82, 2.24) is 10.6 Å². The molecular weight excluding hydrogens is 476 g/mol. The monoisotopic (exact) mass is 516 g/mol. The molecule has 3 unspecified atom stereocenters. The summed E-state index contributed by atoms with van der Waals surface area (Å²) < 4.78 is 26.3. The average Bonchev–Trinajstić information content (AvgIpc) is 3.12. The number of aliphatic hydroxyl groups is 1. The summed E-state index contributed by atoms with van der Waals surface area (Å²) >= 11 is 0. The average molecular weight is 517 g/mol. The van der Waals surface area contributed by atoms with Crippen LogP contribution >= 0.6 is 0 Å². The van der Waals surface area contributed by atoms with Crippen LogP contribution in [0.3, 0.4) is 0 Å². The van der Waals surface area contributed by atoms with E-state index in [1.807, 2.05) is 0 Å². The first kappa shape index (κ1) is 31.3. The number of aliphatic hydroxyl groups excluding tert-OH is 1. The normalized spacial score (nSPS) is 21.0. The first-order valence-electron chi connectivity index (χ1n) is 11.6. The van der Waals surface area contributed by atoms with Crippen LogP contribution < -0.4 is 16.4 Å². The van der Waals surface area contributed by atoms with E-state index < -0.39 is 53.6 Å². The molecule has 0 aromatic rings. The maximum absolute atomic E-state index is 12.4. The Balaban J connectivity index is 2.81. The fourth-order valence-electron chi connectivity index (χ4n) is 3.15. The van der Waals surface area contributed by atoms with Crippen molar-refractivity contribution in [2.24, 2.45) is 22.6 Å². The van der Waals surface area contributed by atoms with Crippen LogP contribution in [0.2, 0.25) is 0 Å². The Labute approximate surface area is 211 Å². The number of rotatable bonds is 8. The molecule has 4 atom stereocenters. The van der Waals surface area contributed by atoms with Crippen LogP contribution in [-0.2, 0) is 28.5 Å². The van der Waals surface area contributed by atoms with Gasteiger partial charge in [-0.1, -0.05) is 12.2 Å². The maximum atomic E-state index is 12.4. The smallest absolute Gasteiger partial charge is 0.414 e. The highest BCUT2D eigenvalue weighted by atomic mass is 16.6. The second kappa shape index (κ2) is 14.1. The largest absolute Gasteiger partial charge is 0.450 e. The van der Waals surface area contributed by atoms with Gasteiger partial charge in [0.1, 0.15) is 17.9 Å². The van der Waals surface area contributed by atoms with E-state index in [0.29, 0.717) is 0 Å². The minimum atomic E-state index is -1.37. The van der Waals surface area contributed by atoms with Gasteiger partial charge in [-0.2, -0.15) is 0 Å². The van der Waals surface area contributed by atoms with Crippen molar-refractivity contribution in [1.29, 1.82) is 0 Å². The Bertz CT molecular complexity index is 770. The molecule has 206 valence electrons. The second-order valence-corrected chi connectivity index (χ2v) is 9.89. The minimum absolute atomic E-state index is 0.0649. The van der Waals surface area contributed by atoms with E-state index in [2.05, 4.69) is 15.6 Å². The molecule has 0 bridgehead atoms. The van der Waals surface area contributed by atoms with E-state index in [4.69, 9.17) is 29.4 Å². The van der Waals surface area contributed by atoms with Crippen LogP contribution in [0.5, 0.6) is 0 Å². The van der Waals surface area contributed by atoms with Crippen molar-refractivity contribution in [3.05, 3.63) is 12.2 Å². The molecular formula is C23H40N4O9. The van der Waals surface area contributed by atoms with Gasteiger partial charge in [-0.05, 0) is 48.5 Å². The molecule has 1 saturated heterocycles. The van der Waals surface area contributed by atoms with Crippen LogP contribution in [0.1, 0.15) is 48.5 Å². The SMILES string of the molecule is C/C=C/C1OC[C@@H](C(O)OCCN=C(NC(=O)OC(C)(C)C)NC(=O)OC(C)(C)C)C1C(=O)OCN. The number of hydrogen-bond donors (Lipinski definition) is 4. The summed E-state index contributed by atoms with van der Waals surface area (Å²) in [5, 5.41) is 15.2. The van der Waals surface area contributed by atoms with E-state index in [0.717, 1.165) is 0 Å². The van der Waals surface area contributed by atoms with Crippen molar-refractivity contribution < 1.29 is 43.2 Å². The number of alkyl carbamates (subject to hydrolysis) is 2. The number of amides is 2. The number of aliphatic imine (C=N–C) groups is 1. The molecule has 0 aromatic carbocycles. The van der Waals surface area contributed by atoms with E-state index in [9.17, 15) is 19.5 Å². The van der Waals surface area contributed by atoms with E-state index in [1.165, 1.54) is 0 Å². The zero-order chi connectivity index (χ0) is 27.5. The minimum Gasteiger partial charge on any atom is -0.450 e. The number of allylic oxidation sites excluding steroid dienone is 1. The summed E-state index contributed by atoms with van der Waals surface area (Å²) in [5.74, 6) is -2.33. The molecule has 13 heteroatoms. The third kappa shape index (κ3) is 11.8. The first-order chi connectivity index (χ1) is 16.7. The molecule has 36 heavy (non-hydrogen) atoms. The fraction of sp³-hybridized carbons (Fsp3) is 0.739. The van der Waals surface area contributed by atoms with Crippen molar-refractivity contribution in [3.8, 4) is 0 Å². The molecule has 1 fully saturated rings. The number of nitrogens with one attached hydrogen (secondary N) is 2. The van der Waals surface area contributed by atoms with Crippen molar-refractivity contribution >= 4 is 24.1 Å². The highest BCUT2D eigenvalue weighted by Crippen LogP contribution is 2.32. The van der Waals surface area contributed by atoms with Gasteiger partial charge in [0.2, 0.25) is 5.96 Å². The zero-order valence-corrected chi connectivity index (χ0v) is 22.0. The highest BCUT2D eigenvalue weighted by molar-refractivity contribution is 6.01. The van der Waals surface area contributed by atoms with Crippen LogP contribution in [-0.4, -0.2) is 79.3 Å². The Morgan fingerprint density at radius 1 is 1.11 bits per heavy atom. The van der Waals surface area contributed by atoms with Crippen molar-refractivity contribution in [2.75, 3.05) is 26.5 Å². The molecule has 1 aliphatic rings. The number of ether oxygens (including phenoxy) is 5. The van der Waals surface area contributed by atoms with E-state index in [-0.39, 0.29) is 32.4 Å². The van der Waals surface area contributed by atoms with E-state index >= 15 is 0 Å². The Morgan fingerprint density at radius 2 is 1.67 bits per heavy atom.